The van der Waals surface area contributed by atoms with Crippen molar-refractivity contribution < 1.29 is 4.74 Å². The first-order chi connectivity index (χ1) is 5.76. The minimum atomic E-state index is 0.0371. The molecule has 2 N–H and O–H groups in total. The van der Waals surface area contributed by atoms with Gasteiger partial charge in [-0.3, -0.25) is 0 Å². The van der Waals surface area contributed by atoms with Crippen LogP contribution < -0.4 is 5.73 Å². The monoisotopic (exact) mass is 171 g/mol. The Morgan fingerprint density at radius 2 is 2.25 bits per heavy atom. The van der Waals surface area contributed by atoms with Gasteiger partial charge < -0.3 is 10.5 Å². The average molecular weight is 171 g/mol. The second kappa shape index (κ2) is 4.24. The van der Waals surface area contributed by atoms with E-state index in [1.807, 2.05) is 0 Å². The van der Waals surface area contributed by atoms with E-state index in [1.54, 1.807) is 0 Å². The van der Waals surface area contributed by atoms with E-state index >= 15 is 0 Å². The van der Waals surface area contributed by atoms with Gasteiger partial charge in [-0.25, -0.2) is 0 Å². The van der Waals surface area contributed by atoms with Crippen molar-refractivity contribution in [3.05, 3.63) is 0 Å². The molecule has 0 spiro atoms. The van der Waals surface area contributed by atoms with Gasteiger partial charge in [0.1, 0.15) is 0 Å². The molecule has 2 heteroatoms. The Morgan fingerprint density at radius 1 is 1.50 bits per heavy atom. The largest absolute Gasteiger partial charge is 0.374 e. The zero-order valence-corrected chi connectivity index (χ0v) is 8.31. The van der Waals surface area contributed by atoms with E-state index < -0.39 is 0 Å². The van der Waals surface area contributed by atoms with Crippen molar-refractivity contribution in [2.24, 2.45) is 11.7 Å². The molecule has 0 aromatic carbocycles. The van der Waals surface area contributed by atoms with E-state index in [2.05, 4.69) is 13.8 Å². The quantitative estimate of drug-likeness (QED) is 0.701. The highest BCUT2D eigenvalue weighted by Crippen LogP contribution is 2.38. The summed E-state index contributed by atoms with van der Waals surface area (Å²) in [5.41, 5.74) is 5.78. The molecule has 0 saturated heterocycles. The van der Waals surface area contributed by atoms with Crippen LogP contribution in [0.2, 0.25) is 0 Å². The summed E-state index contributed by atoms with van der Waals surface area (Å²) < 4.78 is 5.75. The maximum atomic E-state index is 5.75. The second-order valence-electron chi connectivity index (χ2n) is 3.84. The van der Waals surface area contributed by atoms with E-state index in [-0.39, 0.29) is 5.60 Å². The van der Waals surface area contributed by atoms with Crippen LogP contribution in [0.15, 0.2) is 0 Å². The van der Waals surface area contributed by atoms with Crippen LogP contribution in [-0.4, -0.2) is 18.8 Å². The molecule has 0 heterocycles. The lowest BCUT2D eigenvalue weighted by molar-refractivity contribution is -0.0295. The van der Waals surface area contributed by atoms with Gasteiger partial charge in [-0.1, -0.05) is 13.3 Å². The van der Waals surface area contributed by atoms with Crippen LogP contribution in [-0.2, 0) is 4.74 Å². The summed E-state index contributed by atoms with van der Waals surface area (Å²) in [7, 11) is 0. The van der Waals surface area contributed by atoms with Crippen molar-refractivity contribution in [1.29, 1.82) is 0 Å². The van der Waals surface area contributed by atoms with Gasteiger partial charge in [0.15, 0.2) is 0 Å². The fourth-order valence-corrected chi connectivity index (χ4v) is 2.23. The van der Waals surface area contributed by atoms with Gasteiger partial charge in [-0.2, -0.15) is 0 Å². The number of hydrogen-bond acceptors (Lipinski definition) is 2. The molecule has 1 fully saturated rings. The Labute approximate surface area is 75.5 Å². The summed E-state index contributed by atoms with van der Waals surface area (Å²) in [5.74, 6) is 0.847. The lowest BCUT2D eigenvalue weighted by Crippen LogP contribution is -2.38. The van der Waals surface area contributed by atoms with Crippen LogP contribution in [0.5, 0.6) is 0 Å². The van der Waals surface area contributed by atoms with Crippen LogP contribution >= 0.6 is 0 Å². The normalized spacial score (nSPS) is 35.8. The van der Waals surface area contributed by atoms with Gasteiger partial charge in [0.2, 0.25) is 0 Å². The van der Waals surface area contributed by atoms with E-state index in [4.69, 9.17) is 10.5 Å². The van der Waals surface area contributed by atoms with Crippen molar-refractivity contribution in [3.8, 4) is 0 Å². The van der Waals surface area contributed by atoms with Gasteiger partial charge in [0, 0.05) is 13.2 Å². The molecule has 0 aromatic heterocycles. The first-order valence-corrected chi connectivity index (χ1v) is 5.10. The van der Waals surface area contributed by atoms with E-state index in [1.165, 1.54) is 19.3 Å². The van der Waals surface area contributed by atoms with Gasteiger partial charge in [0.05, 0.1) is 5.60 Å². The molecule has 0 aliphatic heterocycles. The van der Waals surface area contributed by atoms with Crippen molar-refractivity contribution in [1.82, 2.24) is 0 Å². The number of nitrogens with two attached hydrogens (primary N) is 1. The van der Waals surface area contributed by atoms with Crippen LogP contribution in [0.1, 0.15) is 39.5 Å². The predicted octanol–water partition coefficient (Wildman–Crippen LogP) is 1.93. The Balaban J connectivity index is 2.47. The summed E-state index contributed by atoms with van der Waals surface area (Å²) in [6, 6.07) is 0. The predicted molar refractivity (Wildman–Crippen MR) is 51.0 cm³/mol. The van der Waals surface area contributed by atoms with Crippen molar-refractivity contribution in [2.75, 3.05) is 13.2 Å². The molecule has 2 unspecified atom stereocenters. The zero-order valence-electron chi connectivity index (χ0n) is 8.31. The third kappa shape index (κ3) is 1.99. The highest BCUT2D eigenvalue weighted by molar-refractivity contribution is 4.91. The average Bonchev–Trinajstić information content (AvgIpc) is 2.50. The molecule has 2 nitrogen and oxygen atoms in total. The summed E-state index contributed by atoms with van der Waals surface area (Å²) in [6.45, 7) is 5.80. The molecule has 1 aliphatic rings. The first-order valence-electron chi connectivity index (χ1n) is 5.10. The minimum Gasteiger partial charge on any atom is -0.374 e. The lowest BCUT2D eigenvalue weighted by Gasteiger charge is -2.27. The summed E-state index contributed by atoms with van der Waals surface area (Å²) in [4.78, 5) is 0. The highest BCUT2D eigenvalue weighted by Gasteiger charge is 2.37. The van der Waals surface area contributed by atoms with E-state index in [9.17, 15) is 0 Å². The summed E-state index contributed by atoms with van der Waals surface area (Å²) in [6.07, 6.45) is 4.91. The molecule has 12 heavy (non-hydrogen) atoms. The summed E-state index contributed by atoms with van der Waals surface area (Å²) >= 11 is 0. The van der Waals surface area contributed by atoms with Crippen LogP contribution in [0.25, 0.3) is 0 Å². The van der Waals surface area contributed by atoms with Crippen molar-refractivity contribution in [2.45, 2.75) is 45.1 Å². The fraction of sp³-hybridized carbons (Fsp3) is 1.00. The second-order valence-corrected chi connectivity index (χ2v) is 3.84. The number of rotatable bonds is 4. The van der Waals surface area contributed by atoms with Crippen molar-refractivity contribution in [3.63, 3.8) is 0 Å². The Morgan fingerprint density at radius 3 is 2.67 bits per heavy atom. The molecule has 2 atom stereocenters. The lowest BCUT2D eigenvalue weighted by atomic mass is 9.99. The number of hydrogen-bond donors (Lipinski definition) is 1. The molecule has 0 amide bonds. The molecule has 1 saturated carbocycles. The van der Waals surface area contributed by atoms with Gasteiger partial charge in [-0.15, -0.1) is 0 Å². The zero-order chi connectivity index (χ0) is 9.03. The molecule has 72 valence electrons. The highest BCUT2D eigenvalue weighted by atomic mass is 16.5. The Bertz CT molecular complexity index is 138. The molecular formula is C10H21NO. The molecular weight excluding hydrogens is 150 g/mol. The van der Waals surface area contributed by atoms with Gasteiger partial charge >= 0.3 is 0 Å². The SMILES string of the molecule is CCOC1(CN)CCC(CC)C1. The molecule has 0 radical (unpaired) electrons. The molecule has 0 aromatic rings. The van der Waals surface area contributed by atoms with Gasteiger partial charge in [0.25, 0.3) is 0 Å². The summed E-state index contributed by atoms with van der Waals surface area (Å²) in [5, 5.41) is 0. The van der Waals surface area contributed by atoms with Crippen LogP contribution in [0.3, 0.4) is 0 Å². The molecule has 0 bridgehead atoms. The van der Waals surface area contributed by atoms with Crippen molar-refractivity contribution >= 4 is 0 Å². The standard InChI is InChI=1S/C10H21NO/c1-3-9-5-6-10(7-9,8-11)12-4-2/h9H,3-8,11H2,1-2H3. The Kier molecular flexibility index (Phi) is 3.53. The number of ether oxygens (including phenoxy) is 1. The van der Waals surface area contributed by atoms with Crippen LogP contribution in [0.4, 0.5) is 0 Å². The topological polar surface area (TPSA) is 35.2 Å². The maximum Gasteiger partial charge on any atom is 0.0806 e. The maximum absolute atomic E-state index is 5.75. The fourth-order valence-electron chi connectivity index (χ4n) is 2.23. The van der Waals surface area contributed by atoms with Gasteiger partial charge in [-0.05, 0) is 32.1 Å². The first kappa shape index (κ1) is 10.0. The Hall–Kier alpha value is -0.0800. The van der Waals surface area contributed by atoms with E-state index in [0.29, 0.717) is 6.54 Å². The smallest absolute Gasteiger partial charge is 0.0806 e. The molecule has 1 aliphatic carbocycles. The van der Waals surface area contributed by atoms with E-state index in [0.717, 1.165) is 18.9 Å². The third-order valence-corrected chi connectivity index (χ3v) is 3.07. The molecule has 1 rings (SSSR count). The van der Waals surface area contributed by atoms with Crippen LogP contribution in [0, 0.1) is 5.92 Å². The third-order valence-electron chi connectivity index (χ3n) is 3.07. The minimum absolute atomic E-state index is 0.0371.